The highest BCUT2D eigenvalue weighted by Crippen LogP contribution is 2.26. The number of benzene rings is 2. The molecule has 7 heteroatoms. The van der Waals surface area contributed by atoms with Crippen LogP contribution in [0, 0.1) is 10.1 Å². The van der Waals surface area contributed by atoms with Gasteiger partial charge >= 0.3 is 11.2 Å². The molecule has 4 aromatic rings. The quantitative estimate of drug-likeness (QED) is 0.402. The Balaban J connectivity index is 1.74. The van der Waals surface area contributed by atoms with Crippen LogP contribution in [0.2, 0.25) is 0 Å². The predicted molar refractivity (Wildman–Crippen MR) is 111 cm³/mol. The molecular weight excluding hydrogens is 368 g/mol. The van der Waals surface area contributed by atoms with Crippen LogP contribution in [0.1, 0.15) is 17.0 Å². The largest absolute Gasteiger partial charge is 0.376 e. The molecule has 0 amide bonds. The van der Waals surface area contributed by atoms with Crippen LogP contribution in [0.3, 0.4) is 0 Å². The van der Waals surface area contributed by atoms with Gasteiger partial charge in [0.05, 0.1) is 4.92 Å². The lowest BCUT2D eigenvalue weighted by Gasteiger charge is -2.19. The zero-order chi connectivity index (χ0) is 20.2. The second-order valence-electron chi connectivity index (χ2n) is 6.55. The molecule has 4 rings (SSSR count). The van der Waals surface area contributed by atoms with Crippen molar-refractivity contribution in [1.29, 1.82) is 0 Å². The summed E-state index contributed by atoms with van der Waals surface area (Å²) in [5, 5.41) is 14.6. The van der Waals surface area contributed by atoms with Crippen LogP contribution < -0.4 is 10.9 Å². The molecule has 144 valence electrons. The van der Waals surface area contributed by atoms with E-state index in [1.807, 2.05) is 60.7 Å². The second kappa shape index (κ2) is 7.93. The summed E-state index contributed by atoms with van der Waals surface area (Å²) in [5.41, 5.74) is 1.20. The van der Waals surface area contributed by atoms with E-state index in [2.05, 4.69) is 10.3 Å². The summed E-state index contributed by atoms with van der Waals surface area (Å²) in [4.78, 5) is 27.8. The smallest absolute Gasteiger partial charge is 0.363 e. The molecule has 0 saturated carbocycles. The molecule has 7 nitrogen and oxygen atoms in total. The fourth-order valence-corrected chi connectivity index (χ4v) is 3.37. The van der Waals surface area contributed by atoms with Gasteiger partial charge in [0.1, 0.15) is 5.65 Å². The molecule has 0 spiro atoms. The van der Waals surface area contributed by atoms with E-state index in [0.29, 0.717) is 12.2 Å². The number of hydrogen-bond donors (Lipinski definition) is 1. The van der Waals surface area contributed by atoms with E-state index in [4.69, 9.17) is 0 Å². The van der Waals surface area contributed by atoms with Crippen LogP contribution in [0.15, 0.2) is 89.9 Å². The Labute approximate surface area is 166 Å². The molecule has 0 aliphatic heterocycles. The summed E-state index contributed by atoms with van der Waals surface area (Å²) in [5.74, 6) is -0.0870. The van der Waals surface area contributed by atoms with Gasteiger partial charge in [0.2, 0.25) is 5.82 Å². The number of fused-ring (bicyclic) bond motifs is 1. The molecule has 2 aromatic carbocycles. The third-order valence-electron chi connectivity index (χ3n) is 4.77. The lowest BCUT2D eigenvalue weighted by Crippen LogP contribution is -2.23. The van der Waals surface area contributed by atoms with Gasteiger partial charge in [0.25, 0.3) is 0 Å². The summed E-state index contributed by atoms with van der Waals surface area (Å²) in [6, 6.07) is 24.7. The van der Waals surface area contributed by atoms with Crippen molar-refractivity contribution in [1.82, 2.24) is 9.38 Å². The summed E-state index contributed by atoms with van der Waals surface area (Å²) >= 11 is 0. The van der Waals surface area contributed by atoms with E-state index in [-0.39, 0.29) is 11.7 Å². The Kier molecular flexibility index (Phi) is 5.03. The van der Waals surface area contributed by atoms with Gasteiger partial charge in [-0.25, -0.2) is 4.98 Å². The Morgan fingerprint density at radius 3 is 2.10 bits per heavy atom. The van der Waals surface area contributed by atoms with E-state index in [1.165, 1.54) is 10.6 Å². The van der Waals surface area contributed by atoms with E-state index in [1.54, 1.807) is 18.2 Å². The first kappa shape index (κ1) is 18.4. The zero-order valence-electron chi connectivity index (χ0n) is 15.4. The van der Waals surface area contributed by atoms with Crippen molar-refractivity contribution in [3.63, 3.8) is 0 Å². The van der Waals surface area contributed by atoms with Crippen LogP contribution in [0.25, 0.3) is 5.65 Å². The Morgan fingerprint density at radius 2 is 1.52 bits per heavy atom. The predicted octanol–water partition coefficient (Wildman–Crippen LogP) is 3.85. The van der Waals surface area contributed by atoms with E-state index in [0.717, 1.165) is 11.1 Å². The molecule has 1 N–H and O–H groups in total. The van der Waals surface area contributed by atoms with Crippen molar-refractivity contribution >= 4 is 17.2 Å². The number of aromatic nitrogens is 2. The van der Waals surface area contributed by atoms with Gasteiger partial charge in [-0.2, -0.15) is 0 Å². The van der Waals surface area contributed by atoms with Crippen LogP contribution in [0.4, 0.5) is 11.5 Å². The summed E-state index contributed by atoms with van der Waals surface area (Å²) in [6.45, 7) is 0.352. The Morgan fingerprint density at radius 1 is 0.931 bits per heavy atom. The molecule has 29 heavy (non-hydrogen) atoms. The number of anilines is 1. The second-order valence-corrected chi connectivity index (χ2v) is 6.55. The van der Waals surface area contributed by atoms with Gasteiger partial charge in [0, 0.05) is 18.7 Å². The lowest BCUT2D eigenvalue weighted by atomic mass is 9.91. The van der Waals surface area contributed by atoms with Crippen molar-refractivity contribution < 1.29 is 4.92 Å². The molecule has 2 heterocycles. The lowest BCUT2D eigenvalue weighted by molar-refractivity contribution is -0.385. The average Bonchev–Trinajstić information content (AvgIpc) is 2.75. The van der Waals surface area contributed by atoms with E-state index in [9.17, 15) is 14.9 Å². The van der Waals surface area contributed by atoms with E-state index < -0.39 is 16.2 Å². The van der Waals surface area contributed by atoms with Crippen LogP contribution >= 0.6 is 0 Å². The maximum Gasteiger partial charge on any atom is 0.376 e. The number of hydrogen-bond acceptors (Lipinski definition) is 5. The zero-order valence-corrected chi connectivity index (χ0v) is 15.4. The molecular formula is C22H18N4O3. The topological polar surface area (TPSA) is 89.5 Å². The Hall–Kier alpha value is -4.00. The summed E-state index contributed by atoms with van der Waals surface area (Å²) in [7, 11) is 0. The normalized spacial score (nSPS) is 10.9. The number of nitrogens with zero attached hydrogens (tertiary/aromatic N) is 3. The maximum absolute atomic E-state index is 12.6. The Bertz CT molecular complexity index is 1170. The minimum absolute atomic E-state index is 0.0249. The molecule has 0 atom stereocenters. The number of nitro groups is 1. The first-order valence-electron chi connectivity index (χ1n) is 9.14. The van der Waals surface area contributed by atoms with Crippen LogP contribution in [-0.2, 0) is 0 Å². The first-order valence-corrected chi connectivity index (χ1v) is 9.14. The molecule has 0 radical (unpaired) electrons. The van der Waals surface area contributed by atoms with Gasteiger partial charge in [-0.1, -0.05) is 66.7 Å². The highest BCUT2D eigenvalue weighted by molar-refractivity contribution is 5.60. The molecule has 0 unspecified atom stereocenters. The third kappa shape index (κ3) is 3.70. The van der Waals surface area contributed by atoms with Gasteiger partial charge in [-0.3, -0.25) is 19.3 Å². The highest BCUT2D eigenvalue weighted by atomic mass is 16.6. The van der Waals surface area contributed by atoms with Gasteiger partial charge in [-0.15, -0.1) is 0 Å². The van der Waals surface area contributed by atoms with Crippen molar-refractivity contribution in [3.8, 4) is 0 Å². The molecule has 0 saturated heterocycles. The first-order chi connectivity index (χ1) is 14.1. The van der Waals surface area contributed by atoms with Crippen LogP contribution in [-0.4, -0.2) is 20.9 Å². The van der Waals surface area contributed by atoms with Crippen molar-refractivity contribution in [2.24, 2.45) is 0 Å². The van der Waals surface area contributed by atoms with E-state index >= 15 is 0 Å². The van der Waals surface area contributed by atoms with Crippen molar-refractivity contribution in [2.75, 3.05) is 11.9 Å². The number of rotatable bonds is 6. The van der Waals surface area contributed by atoms with Crippen molar-refractivity contribution in [3.05, 3.63) is 117 Å². The molecule has 0 aliphatic rings. The van der Waals surface area contributed by atoms with Gasteiger partial charge in [0.15, 0.2) is 0 Å². The van der Waals surface area contributed by atoms with Crippen molar-refractivity contribution in [2.45, 2.75) is 5.92 Å². The minimum atomic E-state index is -0.709. The summed E-state index contributed by atoms with van der Waals surface area (Å²) in [6.07, 6.45) is 1.47. The molecule has 0 aliphatic carbocycles. The summed E-state index contributed by atoms with van der Waals surface area (Å²) < 4.78 is 1.18. The maximum atomic E-state index is 12.6. The number of pyridine rings is 1. The van der Waals surface area contributed by atoms with Crippen LogP contribution in [0.5, 0.6) is 0 Å². The molecule has 0 bridgehead atoms. The van der Waals surface area contributed by atoms with Gasteiger partial charge < -0.3 is 5.32 Å². The minimum Gasteiger partial charge on any atom is -0.363 e. The molecule has 0 fully saturated rings. The standard InChI is InChI=1S/C22H18N4O3/c27-22-20(26(28)29)21(24-19-13-7-8-14-25(19)22)23-15-18(16-9-3-1-4-10-16)17-11-5-2-6-12-17/h1-14,18,23H,15H2. The SMILES string of the molecule is O=c1c([N+](=O)[O-])c(NCC(c2ccccc2)c2ccccc2)nc2ccccn12. The third-order valence-corrected chi connectivity index (χ3v) is 4.77. The fraction of sp³-hybridized carbons (Fsp3) is 0.0909. The highest BCUT2D eigenvalue weighted by Gasteiger charge is 2.24. The molecule has 2 aromatic heterocycles. The average molecular weight is 386 g/mol. The monoisotopic (exact) mass is 386 g/mol. The fourth-order valence-electron chi connectivity index (χ4n) is 3.37. The van der Waals surface area contributed by atoms with Gasteiger partial charge in [-0.05, 0) is 23.3 Å². The number of nitrogens with one attached hydrogen (secondary N) is 1.